The lowest BCUT2D eigenvalue weighted by molar-refractivity contribution is 0.0678. The minimum absolute atomic E-state index is 0.0755. The molecule has 0 aromatic heterocycles. The predicted octanol–water partition coefficient (Wildman–Crippen LogP) is 7.26. The van der Waals surface area contributed by atoms with Gasteiger partial charge in [0.25, 0.3) is 0 Å². The topological polar surface area (TPSA) is 94.8 Å². The van der Waals surface area contributed by atoms with E-state index in [9.17, 15) is 24.9 Å². The summed E-state index contributed by atoms with van der Waals surface area (Å²) in [6.45, 7) is 15.3. The van der Waals surface area contributed by atoms with Crippen molar-refractivity contribution in [1.29, 1.82) is 0 Å². The summed E-state index contributed by atoms with van der Waals surface area (Å²) >= 11 is 0. The number of benzene rings is 3. The first-order chi connectivity index (χ1) is 16.6. The van der Waals surface area contributed by atoms with Gasteiger partial charge in [0.2, 0.25) is 0 Å². The molecule has 0 aliphatic heterocycles. The SMILES string of the molecule is Cc1cc(Cc2c(C(=O)O)c(C(C)(C)C)c(C)c(C(=O)O)c2-c2ccccc2)c(O)c(C(C)(C)C)c1. The second-order valence-electron chi connectivity index (χ2n) is 11.6. The van der Waals surface area contributed by atoms with Gasteiger partial charge in [-0.25, -0.2) is 9.59 Å². The van der Waals surface area contributed by atoms with E-state index < -0.39 is 17.4 Å². The number of aryl methyl sites for hydroxylation is 1. The lowest BCUT2D eigenvalue weighted by atomic mass is 9.73. The molecular formula is C31H36O5. The maximum Gasteiger partial charge on any atom is 0.336 e. The van der Waals surface area contributed by atoms with Gasteiger partial charge in [0.15, 0.2) is 0 Å². The lowest BCUT2D eigenvalue weighted by Gasteiger charge is -2.30. The Balaban J connectivity index is 2.56. The lowest BCUT2D eigenvalue weighted by Crippen LogP contribution is -2.24. The maximum atomic E-state index is 12.9. The molecule has 5 nitrogen and oxygen atoms in total. The molecule has 0 atom stereocenters. The minimum atomic E-state index is -1.12. The highest BCUT2D eigenvalue weighted by Gasteiger charge is 2.34. The molecular weight excluding hydrogens is 452 g/mol. The van der Waals surface area contributed by atoms with Crippen LogP contribution >= 0.6 is 0 Å². The van der Waals surface area contributed by atoms with Crippen LogP contribution in [-0.2, 0) is 17.3 Å². The Bertz CT molecular complexity index is 1340. The third-order valence-corrected chi connectivity index (χ3v) is 6.60. The molecule has 36 heavy (non-hydrogen) atoms. The van der Waals surface area contributed by atoms with E-state index in [4.69, 9.17) is 0 Å². The van der Waals surface area contributed by atoms with Crippen LogP contribution in [0.4, 0.5) is 0 Å². The molecule has 0 aliphatic carbocycles. The number of carboxylic acid groups (broad SMARTS) is 2. The van der Waals surface area contributed by atoms with E-state index in [1.54, 1.807) is 31.2 Å². The van der Waals surface area contributed by atoms with E-state index in [0.717, 1.165) is 11.1 Å². The number of rotatable bonds is 5. The van der Waals surface area contributed by atoms with Crippen LogP contribution in [-0.4, -0.2) is 27.3 Å². The molecule has 0 bridgehead atoms. The summed E-state index contributed by atoms with van der Waals surface area (Å²) in [4.78, 5) is 25.6. The average Bonchev–Trinajstić information content (AvgIpc) is 2.74. The van der Waals surface area contributed by atoms with Crippen molar-refractivity contribution in [1.82, 2.24) is 0 Å². The first-order valence-corrected chi connectivity index (χ1v) is 12.1. The van der Waals surface area contributed by atoms with Gasteiger partial charge in [-0.15, -0.1) is 0 Å². The Morgan fingerprint density at radius 2 is 1.36 bits per heavy atom. The van der Waals surface area contributed by atoms with Crippen LogP contribution in [0.15, 0.2) is 42.5 Å². The second-order valence-corrected chi connectivity index (χ2v) is 11.6. The highest BCUT2D eigenvalue weighted by Crippen LogP contribution is 2.43. The van der Waals surface area contributed by atoms with E-state index in [2.05, 4.69) is 0 Å². The van der Waals surface area contributed by atoms with Gasteiger partial charge in [-0.3, -0.25) is 0 Å². The minimum Gasteiger partial charge on any atom is -0.507 e. The van der Waals surface area contributed by atoms with Gasteiger partial charge in [0.1, 0.15) is 5.75 Å². The summed E-state index contributed by atoms with van der Waals surface area (Å²) in [5.74, 6) is -2.12. The van der Waals surface area contributed by atoms with Crippen molar-refractivity contribution in [2.75, 3.05) is 0 Å². The normalized spacial score (nSPS) is 12.0. The molecule has 0 saturated heterocycles. The van der Waals surface area contributed by atoms with Crippen molar-refractivity contribution in [2.24, 2.45) is 0 Å². The quantitative estimate of drug-likeness (QED) is 0.351. The van der Waals surface area contributed by atoms with Crippen LogP contribution in [0.2, 0.25) is 0 Å². The van der Waals surface area contributed by atoms with Crippen molar-refractivity contribution in [2.45, 2.75) is 72.6 Å². The second kappa shape index (κ2) is 9.45. The molecule has 5 heteroatoms. The van der Waals surface area contributed by atoms with Gasteiger partial charge in [-0.05, 0) is 58.1 Å². The first-order valence-electron chi connectivity index (χ1n) is 12.1. The first kappa shape index (κ1) is 27.0. The van der Waals surface area contributed by atoms with Gasteiger partial charge in [0, 0.05) is 12.0 Å². The third kappa shape index (κ3) is 5.01. The molecule has 0 saturated carbocycles. The molecule has 3 N–H and O–H groups in total. The van der Waals surface area contributed by atoms with E-state index in [-0.39, 0.29) is 28.7 Å². The zero-order valence-electron chi connectivity index (χ0n) is 22.4. The Hall–Kier alpha value is -3.60. The Labute approximate surface area is 213 Å². The van der Waals surface area contributed by atoms with Crippen LogP contribution in [0.3, 0.4) is 0 Å². The number of phenolic OH excluding ortho intramolecular Hbond substituents is 1. The maximum absolute atomic E-state index is 12.9. The summed E-state index contributed by atoms with van der Waals surface area (Å²) in [5.41, 5.74) is 3.83. The fraction of sp³-hybridized carbons (Fsp3) is 0.355. The molecule has 0 unspecified atom stereocenters. The fourth-order valence-electron chi connectivity index (χ4n) is 5.22. The van der Waals surface area contributed by atoms with Crippen molar-refractivity contribution < 1.29 is 24.9 Å². The monoisotopic (exact) mass is 488 g/mol. The van der Waals surface area contributed by atoms with Crippen LogP contribution in [0.1, 0.15) is 95.6 Å². The average molecular weight is 489 g/mol. The standard InChI is InChI=1S/C31H36O5/c1-17-14-20(27(32)22(15-17)30(3,4)5)16-21-24(19-12-10-9-11-13-19)23(28(33)34)18(2)26(31(6,7)8)25(21)29(35)36/h9-15,32H,16H2,1-8H3,(H,33,34)(H,35,36). The number of aromatic hydroxyl groups is 1. The zero-order valence-corrected chi connectivity index (χ0v) is 22.4. The van der Waals surface area contributed by atoms with Crippen molar-refractivity contribution >= 4 is 11.9 Å². The molecule has 190 valence electrons. The van der Waals surface area contributed by atoms with Gasteiger partial charge in [0.05, 0.1) is 11.1 Å². The van der Waals surface area contributed by atoms with E-state index in [1.165, 1.54) is 0 Å². The predicted molar refractivity (Wildman–Crippen MR) is 144 cm³/mol. The summed E-state index contributed by atoms with van der Waals surface area (Å²) in [5, 5.41) is 32.2. The van der Waals surface area contributed by atoms with Gasteiger partial charge in [-0.2, -0.15) is 0 Å². The summed E-state index contributed by atoms with van der Waals surface area (Å²) in [6, 6.07) is 12.8. The summed E-state index contributed by atoms with van der Waals surface area (Å²) in [6.07, 6.45) is 0.0755. The van der Waals surface area contributed by atoms with Crippen molar-refractivity contribution in [3.63, 3.8) is 0 Å². The van der Waals surface area contributed by atoms with Gasteiger partial charge >= 0.3 is 11.9 Å². The van der Waals surface area contributed by atoms with Crippen LogP contribution in [0, 0.1) is 13.8 Å². The highest BCUT2D eigenvalue weighted by atomic mass is 16.4. The molecule has 0 fully saturated rings. The summed E-state index contributed by atoms with van der Waals surface area (Å²) < 4.78 is 0. The zero-order chi connectivity index (χ0) is 27.2. The van der Waals surface area contributed by atoms with Crippen LogP contribution in [0.25, 0.3) is 11.1 Å². The molecule has 0 radical (unpaired) electrons. The Morgan fingerprint density at radius 1 is 0.806 bits per heavy atom. The van der Waals surface area contributed by atoms with E-state index >= 15 is 0 Å². The number of carbonyl (C=O) groups is 2. The number of carboxylic acids is 2. The number of phenols is 1. The van der Waals surface area contributed by atoms with Crippen molar-refractivity contribution in [3.8, 4) is 16.9 Å². The number of hydrogen-bond acceptors (Lipinski definition) is 3. The highest BCUT2D eigenvalue weighted by molar-refractivity contribution is 6.04. The molecule has 3 rings (SSSR count). The smallest absolute Gasteiger partial charge is 0.336 e. The van der Waals surface area contributed by atoms with Gasteiger partial charge in [-0.1, -0.05) is 89.6 Å². The summed E-state index contributed by atoms with van der Waals surface area (Å²) in [7, 11) is 0. The fourth-order valence-corrected chi connectivity index (χ4v) is 5.22. The molecule has 3 aromatic rings. The Morgan fingerprint density at radius 3 is 1.83 bits per heavy atom. The molecule has 0 amide bonds. The third-order valence-electron chi connectivity index (χ3n) is 6.60. The van der Waals surface area contributed by atoms with Crippen molar-refractivity contribution in [3.05, 3.63) is 87.0 Å². The molecule has 3 aromatic carbocycles. The van der Waals surface area contributed by atoms with Gasteiger partial charge < -0.3 is 15.3 Å². The Kier molecular flexibility index (Phi) is 7.09. The van der Waals surface area contributed by atoms with E-state index in [0.29, 0.717) is 33.4 Å². The largest absolute Gasteiger partial charge is 0.507 e. The van der Waals surface area contributed by atoms with E-state index in [1.807, 2.05) is 66.7 Å². The number of hydrogen-bond donors (Lipinski definition) is 3. The molecule has 0 aliphatic rings. The molecule has 0 heterocycles. The number of aromatic carboxylic acids is 2. The van der Waals surface area contributed by atoms with Crippen LogP contribution in [0.5, 0.6) is 5.75 Å². The van der Waals surface area contributed by atoms with Crippen LogP contribution < -0.4 is 0 Å². The molecule has 0 spiro atoms.